The molecule has 5 aromatic rings. The number of rotatable bonds is 5. The Morgan fingerprint density at radius 2 is 1.82 bits per heavy atom. The molecule has 38 heavy (non-hydrogen) atoms. The summed E-state index contributed by atoms with van der Waals surface area (Å²) < 4.78 is 9.62. The number of carbonyl (C=O) groups is 2. The molecule has 0 bridgehead atoms. The van der Waals surface area contributed by atoms with Gasteiger partial charge in [-0.25, -0.2) is 4.98 Å². The van der Waals surface area contributed by atoms with Gasteiger partial charge in [0.25, 0.3) is 5.91 Å². The number of fused-ring (bicyclic) bond motifs is 2. The van der Waals surface area contributed by atoms with Crippen LogP contribution in [-0.4, -0.2) is 33.4 Å². The molecule has 3 heterocycles. The molecule has 1 aliphatic rings. The van der Waals surface area contributed by atoms with Gasteiger partial charge < -0.3 is 13.9 Å². The van der Waals surface area contributed by atoms with Gasteiger partial charge in [-0.2, -0.15) is 0 Å². The molecule has 0 spiro atoms. The lowest BCUT2D eigenvalue weighted by Gasteiger charge is -2.32. The van der Waals surface area contributed by atoms with Gasteiger partial charge in [0.05, 0.1) is 37.1 Å². The van der Waals surface area contributed by atoms with Crippen LogP contribution in [-0.2, 0) is 6.54 Å². The number of benzene rings is 3. The highest BCUT2D eigenvalue weighted by atomic mass is 16.5. The van der Waals surface area contributed by atoms with Crippen LogP contribution in [0, 0.1) is 6.92 Å². The largest absolute Gasteiger partial charge is 0.496 e. The Kier molecular flexibility index (Phi) is 5.88. The highest BCUT2D eigenvalue weighted by Gasteiger charge is 2.35. The highest BCUT2D eigenvalue weighted by molar-refractivity contribution is 6.08. The van der Waals surface area contributed by atoms with Crippen LogP contribution in [0.25, 0.3) is 11.1 Å². The molecule has 0 fully saturated rings. The summed E-state index contributed by atoms with van der Waals surface area (Å²) >= 11 is 0. The molecule has 0 aliphatic carbocycles. The van der Waals surface area contributed by atoms with E-state index < -0.39 is 6.17 Å². The number of para-hydroxylation sites is 1. The Morgan fingerprint density at radius 1 is 1.00 bits per heavy atom. The van der Waals surface area contributed by atoms with Crippen LogP contribution >= 0.6 is 0 Å². The Bertz CT molecular complexity index is 1650. The first-order chi connectivity index (χ1) is 18.6. The predicted molar refractivity (Wildman–Crippen MR) is 146 cm³/mol. The van der Waals surface area contributed by atoms with Crippen LogP contribution in [0.3, 0.4) is 0 Å². The molecule has 0 saturated carbocycles. The van der Waals surface area contributed by atoms with Gasteiger partial charge in [0.1, 0.15) is 5.75 Å². The molecule has 0 saturated heterocycles. The number of ether oxygens (including phenoxy) is 1. The van der Waals surface area contributed by atoms with E-state index in [1.165, 1.54) is 0 Å². The number of aromatic nitrogens is 3. The van der Waals surface area contributed by atoms with Crippen molar-refractivity contribution in [2.24, 2.45) is 0 Å². The minimum atomic E-state index is -0.551. The molecule has 1 aliphatic heterocycles. The quantitative estimate of drug-likeness (QED) is 0.288. The van der Waals surface area contributed by atoms with Crippen molar-refractivity contribution in [3.05, 3.63) is 126 Å². The standard InChI is InChI=1S/C31H26N4O3/c1-21-7-3-5-9-25(21)26-13-11-22(17-29(26)38-2)31(37)35-27-10-6-4-8-23(27)18-34-24(19-36)12-14-28(34)30(35)33-16-15-32-20-33/h3-17,19-20,30H,18H2,1-2H3. The SMILES string of the molecule is COc1cc(C(=O)N2c3ccccc3Cn3c(C=O)ccc3C2n2ccnc2)ccc1-c1ccccc1C. The molecule has 1 atom stereocenters. The van der Waals surface area contributed by atoms with E-state index in [0.717, 1.165) is 39.9 Å². The van der Waals surface area contributed by atoms with E-state index in [9.17, 15) is 9.59 Å². The molecule has 188 valence electrons. The van der Waals surface area contributed by atoms with Gasteiger partial charge in [0, 0.05) is 23.5 Å². The summed E-state index contributed by atoms with van der Waals surface area (Å²) in [5.41, 5.74) is 6.68. The minimum Gasteiger partial charge on any atom is -0.496 e. The van der Waals surface area contributed by atoms with Gasteiger partial charge in [-0.15, -0.1) is 0 Å². The van der Waals surface area contributed by atoms with Gasteiger partial charge in [0.15, 0.2) is 12.5 Å². The predicted octanol–water partition coefficient (Wildman–Crippen LogP) is 5.74. The second kappa shape index (κ2) is 9.52. The number of nitrogens with zero attached hydrogens (tertiary/aromatic N) is 4. The average molecular weight is 503 g/mol. The van der Waals surface area contributed by atoms with Crippen molar-refractivity contribution in [2.45, 2.75) is 19.6 Å². The molecular weight excluding hydrogens is 476 g/mol. The van der Waals surface area contributed by atoms with Crippen LogP contribution in [0.1, 0.15) is 43.8 Å². The topological polar surface area (TPSA) is 69.4 Å². The smallest absolute Gasteiger partial charge is 0.260 e. The van der Waals surface area contributed by atoms with Gasteiger partial charge in [-0.3, -0.25) is 14.5 Å². The fraction of sp³-hybridized carbons (Fsp3) is 0.129. The summed E-state index contributed by atoms with van der Waals surface area (Å²) in [5, 5.41) is 0. The van der Waals surface area contributed by atoms with Crippen LogP contribution < -0.4 is 9.64 Å². The molecule has 7 heteroatoms. The van der Waals surface area contributed by atoms with E-state index >= 15 is 0 Å². The van der Waals surface area contributed by atoms with Crippen molar-refractivity contribution in [3.8, 4) is 16.9 Å². The fourth-order valence-corrected chi connectivity index (χ4v) is 5.31. The number of aldehydes is 1. The summed E-state index contributed by atoms with van der Waals surface area (Å²) in [6.07, 6.45) is 5.51. The third-order valence-electron chi connectivity index (χ3n) is 7.17. The maximum absolute atomic E-state index is 14.4. The van der Waals surface area contributed by atoms with Gasteiger partial charge >= 0.3 is 0 Å². The average Bonchev–Trinajstić information content (AvgIpc) is 3.60. The lowest BCUT2D eigenvalue weighted by molar-refractivity contribution is 0.0971. The molecular formula is C31H26N4O3. The molecule has 1 unspecified atom stereocenters. The number of aryl methyl sites for hydroxylation is 1. The van der Waals surface area contributed by atoms with Crippen molar-refractivity contribution in [3.63, 3.8) is 0 Å². The zero-order chi connectivity index (χ0) is 26.2. The summed E-state index contributed by atoms with van der Waals surface area (Å²) in [6, 6.07) is 25.2. The monoisotopic (exact) mass is 502 g/mol. The second-order valence-electron chi connectivity index (χ2n) is 9.30. The first kappa shape index (κ1) is 23.5. The third-order valence-corrected chi connectivity index (χ3v) is 7.17. The first-order valence-electron chi connectivity index (χ1n) is 12.4. The Hall–Kier alpha value is -4.91. The van der Waals surface area contributed by atoms with E-state index in [0.29, 0.717) is 23.6 Å². The zero-order valence-corrected chi connectivity index (χ0v) is 21.1. The van der Waals surface area contributed by atoms with Crippen molar-refractivity contribution < 1.29 is 14.3 Å². The molecule has 6 rings (SSSR count). The normalized spacial score (nSPS) is 14.4. The Labute approximate surface area is 220 Å². The number of hydrogen-bond donors (Lipinski definition) is 0. The van der Waals surface area contributed by atoms with E-state index in [4.69, 9.17) is 4.74 Å². The number of hydrogen-bond acceptors (Lipinski definition) is 4. The summed E-state index contributed by atoms with van der Waals surface area (Å²) in [4.78, 5) is 32.4. The molecule has 1 amide bonds. The molecule has 2 aromatic heterocycles. The van der Waals surface area contributed by atoms with Crippen molar-refractivity contribution in [2.75, 3.05) is 12.0 Å². The maximum atomic E-state index is 14.4. The maximum Gasteiger partial charge on any atom is 0.260 e. The molecule has 7 nitrogen and oxygen atoms in total. The highest BCUT2D eigenvalue weighted by Crippen LogP contribution is 2.39. The number of anilines is 1. The lowest BCUT2D eigenvalue weighted by atomic mass is 9.98. The van der Waals surface area contributed by atoms with Crippen molar-refractivity contribution in [1.29, 1.82) is 0 Å². The Balaban J connectivity index is 1.53. The minimum absolute atomic E-state index is 0.187. The summed E-state index contributed by atoms with van der Waals surface area (Å²) in [5.74, 6) is 0.437. The van der Waals surface area contributed by atoms with Gasteiger partial charge in [-0.1, -0.05) is 42.5 Å². The van der Waals surface area contributed by atoms with Crippen LogP contribution in [0.2, 0.25) is 0 Å². The second-order valence-corrected chi connectivity index (χ2v) is 9.30. The van der Waals surface area contributed by atoms with Crippen LogP contribution in [0.15, 0.2) is 97.6 Å². The molecule has 0 N–H and O–H groups in total. The van der Waals surface area contributed by atoms with Crippen LogP contribution in [0.5, 0.6) is 5.75 Å². The Morgan fingerprint density at radius 3 is 2.58 bits per heavy atom. The van der Waals surface area contributed by atoms with E-state index in [1.807, 2.05) is 76.0 Å². The van der Waals surface area contributed by atoms with Crippen molar-refractivity contribution in [1.82, 2.24) is 14.1 Å². The van der Waals surface area contributed by atoms with Gasteiger partial charge in [-0.05, 0) is 60.0 Å². The van der Waals surface area contributed by atoms with E-state index in [1.54, 1.807) is 36.7 Å². The van der Waals surface area contributed by atoms with Gasteiger partial charge in [0.2, 0.25) is 0 Å². The molecule has 3 aromatic carbocycles. The number of carbonyl (C=O) groups excluding carboxylic acids is 2. The number of amides is 1. The summed E-state index contributed by atoms with van der Waals surface area (Å²) in [6.45, 7) is 2.53. The van der Waals surface area contributed by atoms with E-state index in [2.05, 4.69) is 18.0 Å². The van der Waals surface area contributed by atoms with E-state index in [-0.39, 0.29) is 5.91 Å². The summed E-state index contributed by atoms with van der Waals surface area (Å²) in [7, 11) is 1.62. The number of methoxy groups -OCH3 is 1. The lowest BCUT2D eigenvalue weighted by Crippen LogP contribution is -2.38. The van der Waals surface area contributed by atoms with Crippen molar-refractivity contribution >= 4 is 17.9 Å². The third kappa shape index (κ3) is 3.80. The fourth-order valence-electron chi connectivity index (χ4n) is 5.31. The molecule has 0 radical (unpaired) electrons. The first-order valence-corrected chi connectivity index (χ1v) is 12.4. The number of imidazole rings is 1. The van der Waals surface area contributed by atoms with Crippen LogP contribution in [0.4, 0.5) is 5.69 Å². The zero-order valence-electron chi connectivity index (χ0n) is 21.1.